The summed E-state index contributed by atoms with van der Waals surface area (Å²) in [5.74, 6) is -1.56. The lowest BCUT2D eigenvalue weighted by atomic mass is 9.80. The monoisotopic (exact) mass is 377 g/mol. The van der Waals surface area contributed by atoms with Crippen molar-refractivity contribution in [2.75, 3.05) is 20.3 Å². The van der Waals surface area contributed by atoms with Crippen LogP contribution >= 0.6 is 11.6 Å². The Labute approximate surface area is 159 Å². The van der Waals surface area contributed by atoms with Crippen LogP contribution in [0.3, 0.4) is 0 Å². The van der Waals surface area contributed by atoms with E-state index < -0.39 is 17.9 Å². The SMILES string of the molecule is CCOC(=O)C1=C(C)N(C)C(C)=C(C(=O)OCC)C1c1ccccc1Cl. The number of carbonyl (C=O) groups is 2. The van der Waals surface area contributed by atoms with Gasteiger partial charge in [0.25, 0.3) is 0 Å². The lowest BCUT2D eigenvalue weighted by molar-refractivity contribution is -0.139. The Morgan fingerprint density at radius 1 is 1.00 bits per heavy atom. The molecule has 0 amide bonds. The fourth-order valence-electron chi connectivity index (χ4n) is 3.14. The van der Waals surface area contributed by atoms with E-state index in [1.165, 1.54) is 0 Å². The third-order valence-electron chi connectivity index (χ3n) is 4.57. The van der Waals surface area contributed by atoms with Gasteiger partial charge in [0.2, 0.25) is 0 Å². The van der Waals surface area contributed by atoms with Crippen molar-refractivity contribution in [2.24, 2.45) is 0 Å². The van der Waals surface area contributed by atoms with Crippen LogP contribution in [-0.2, 0) is 19.1 Å². The summed E-state index contributed by atoms with van der Waals surface area (Å²) in [6.07, 6.45) is 0. The molecule has 1 aromatic carbocycles. The van der Waals surface area contributed by atoms with E-state index >= 15 is 0 Å². The third-order valence-corrected chi connectivity index (χ3v) is 4.91. The zero-order chi connectivity index (χ0) is 19.4. The van der Waals surface area contributed by atoms with Gasteiger partial charge in [-0.05, 0) is 39.3 Å². The predicted molar refractivity (Wildman–Crippen MR) is 101 cm³/mol. The fourth-order valence-corrected chi connectivity index (χ4v) is 3.39. The van der Waals surface area contributed by atoms with Gasteiger partial charge in [0, 0.05) is 23.5 Å². The van der Waals surface area contributed by atoms with Crippen LogP contribution in [0.15, 0.2) is 46.8 Å². The molecular weight excluding hydrogens is 354 g/mol. The van der Waals surface area contributed by atoms with Crippen LogP contribution in [0.5, 0.6) is 0 Å². The van der Waals surface area contributed by atoms with Crippen LogP contribution in [0.25, 0.3) is 0 Å². The first-order valence-electron chi connectivity index (χ1n) is 8.58. The minimum atomic E-state index is -0.641. The number of nitrogens with zero attached hydrogens (tertiary/aromatic N) is 1. The van der Waals surface area contributed by atoms with Gasteiger partial charge in [-0.3, -0.25) is 0 Å². The highest BCUT2D eigenvalue weighted by atomic mass is 35.5. The summed E-state index contributed by atoms with van der Waals surface area (Å²) in [4.78, 5) is 27.3. The van der Waals surface area contributed by atoms with E-state index in [0.717, 1.165) is 11.4 Å². The zero-order valence-corrected chi connectivity index (χ0v) is 16.5. The Balaban J connectivity index is 2.74. The van der Waals surface area contributed by atoms with Crippen LogP contribution in [0.4, 0.5) is 0 Å². The molecule has 26 heavy (non-hydrogen) atoms. The molecule has 0 unspecified atom stereocenters. The van der Waals surface area contributed by atoms with Crippen molar-refractivity contribution in [1.82, 2.24) is 4.90 Å². The third kappa shape index (κ3) is 3.63. The summed E-state index contributed by atoms with van der Waals surface area (Å²) in [7, 11) is 1.81. The molecule has 0 radical (unpaired) electrons. The highest BCUT2D eigenvalue weighted by molar-refractivity contribution is 6.31. The van der Waals surface area contributed by atoms with E-state index in [9.17, 15) is 9.59 Å². The smallest absolute Gasteiger partial charge is 0.336 e. The van der Waals surface area contributed by atoms with Gasteiger partial charge < -0.3 is 14.4 Å². The molecule has 1 aliphatic heterocycles. The molecule has 0 saturated heterocycles. The van der Waals surface area contributed by atoms with Crippen molar-refractivity contribution >= 4 is 23.5 Å². The van der Waals surface area contributed by atoms with Crippen molar-refractivity contribution in [1.29, 1.82) is 0 Å². The highest BCUT2D eigenvalue weighted by Crippen LogP contribution is 2.44. The normalized spacial score (nSPS) is 15.4. The van der Waals surface area contributed by atoms with Gasteiger partial charge in [0.05, 0.1) is 30.3 Å². The average molecular weight is 378 g/mol. The average Bonchev–Trinajstić information content (AvgIpc) is 2.60. The number of ether oxygens (including phenoxy) is 2. The molecular formula is C20H24ClNO4. The summed E-state index contributed by atoms with van der Waals surface area (Å²) in [6.45, 7) is 7.65. The minimum Gasteiger partial charge on any atom is -0.463 e. The molecule has 5 nitrogen and oxygen atoms in total. The lowest BCUT2D eigenvalue weighted by Gasteiger charge is -2.36. The standard InChI is InChI=1S/C20H24ClNO4/c1-6-25-19(23)16-12(3)22(5)13(4)17(20(24)26-7-2)18(16)14-10-8-9-11-15(14)21/h8-11,18H,6-7H2,1-5H3. The van der Waals surface area contributed by atoms with Gasteiger partial charge in [-0.1, -0.05) is 29.8 Å². The van der Waals surface area contributed by atoms with Crippen LogP contribution in [0.1, 0.15) is 39.2 Å². The molecule has 6 heteroatoms. The molecule has 0 spiro atoms. The number of esters is 2. The van der Waals surface area contributed by atoms with Gasteiger partial charge in [0.1, 0.15) is 0 Å². The van der Waals surface area contributed by atoms with E-state index in [1.807, 2.05) is 44.0 Å². The highest BCUT2D eigenvalue weighted by Gasteiger charge is 2.40. The molecule has 0 aromatic heterocycles. The molecule has 140 valence electrons. The molecule has 1 heterocycles. The van der Waals surface area contributed by atoms with E-state index in [0.29, 0.717) is 21.7 Å². The second-order valence-corrected chi connectivity index (χ2v) is 6.36. The number of allylic oxidation sites excluding steroid dienone is 2. The molecule has 0 bridgehead atoms. The quantitative estimate of drug-likeness (QED) is 0.725. The second kappa shape index (κ2) is 8.41. The fraction of sp³-hybridized carbons (Fsp3) is 0.400. The van der Waals surface area contributed by atoms with Crippen molar-refractivity contribution in [2.45, 2.75) is 33.6 Å². The Morgan fingerprint density at radius 3 is 1.88 bits per heavy atom. The maximum absolute atomic E-state index is 12.8. The van der Waals surface area contributed by atoms with Gasteiger partial charge in [-0.15, -0.1) is 0 Å². The van der Waals surface area contributed by atoms with Crippen LogP contribution in [0, 0.1) is 0 Å². The molecule has 2 rings (SSSR count). The van der Waals surface area contributed by atoms with Crippen LogP contribution in [0.2, 0.25) is 5.02 Å². The maximum Gasteiger partial charge on any atom is 0.336 e. The first-order valence-corrected chi connectivity index (χ1v) is 8.96. The van der Waals surface area contributed by atoms with Gasteiger partial charge in [0.15, 0.2) is 0 Å². The van der Waals surface area contributed by atoms with E-state index in [2.05, 4.69) is 0 Å². The molecule has 1 aliphatic rings. The molecule has 0 saturated carbocycles. The first kappa shape index (κ1) is 20.0. The number of hydrogen-bond acceptors (Lipinski definition) is 5. The zero-order valence-electron chi connectivity index (χ0n) is 15.8. The molecule has 0 aliphatic carbocycles. The molecule has 0 fully saturated rings. The van der Waals surface area contributed by atoms with Crippen molar-refractivity contribution in [3.05, 3.63) is 57.4 Å². The molecule has 0 atom stereocenters. The van der Waals surface area contributed by atoms with Gasteiger partial charge in [-0.2, -0.15) is 0 Å². The first-order chi connectivity index (χ1) is 12.3. The van der Waals surface area contributed by atoms with E-state index in [-0.39, 0.29) is 13.2 Å². The van der Waals surface area contributed by atoms with Crippen molar-refractivity contribution in [3.8, 4) is 0 Å². The minimum absolute atomic E-state index is 0.242. The summed E-state index contributed by atoms with van der Waals surface area (Å²) in [5.41, 5.74) is 2.91. The molecule has 0 N–H and O–H groups in total. The number of rotatable bonds is 5. The Bertz CT molecular complexity index is 740. The number of benzene rings is 1. The molecule has 1 aromatic rings. The summed E-state index contributed by atoms with van der Waals surface area (Å²) in [5, 5.41) is 0.478. The Morgan fingerprint density at radius 2 is 1.46 bits per heavy atom. The second-order valence-electron chi connectivity index (χ2n) is 5.95. The summed E-state index contributed by atoms with van der Waals surface area (Å²) >= 11 is 6.42. The van der Waals surface area contributed by atoms with E-state index in [4.69, 9.17) is 21.1 Å². The Hall–Kier alpha value is -2.27. The lowest BCUT2D eigenvalue weighted by Crippen LogP contribution is -2.33. The topological polar surface area (TPSA) is 55.8 Å². The van der Waals surface area contributed by atoms with Crippen LogP contribution < -0.4 is 0 Å². The summed E-state index contributed by atoms with van der Waals surface area (Å²) in [6, 6.07) is 7.19. The number of hydrogen-bond donors (Lipinski definition) is 0. The number of carbonyl (C=O) groups excluding carboxylic acids is 2. The predicted octanol–water partition coefficient (Wildman–Crippen LogP) is 4.04. The number of halogens is 1. The largest absolute Gasteiger partial charge is 0.463 e. The van der Waals surface area contributed by atoms with Gasteiger partial charge in [-0.25, -0.2) is 9.59 Å². The van der Waals surface area contributed by atoms with Crippen molar-refractivity contribution in [3.63, 3.8) is 0 Å². The van der Waals surface area contributed by atoms with Crippen LogP contribution in [-0.4, -0.2) is 37.1 Å². The maximum atomic E-state index is 12.8. The van der Waals surface area contributed by atoms with Gasteiger partial charge >= 0.3 is 11.9 Å². The van der Waals surface area contributed by atoms with E-state index in [1.54, 1.807) is 19.9 Å². The Kier molecular flexibility index (Phi) is 6.48. The van der Waals surface area contributed by atoms with Crippen molar-refractivity contribution < 1.29 is 19.1 Å². The summed E-state index contributed by atoms with van der Waals surface area (Å²) < 4.78 is 10.5.